The van der Waals surface area contributed by atoms with Crippen LogP contribution < -0.4 is 14.8 Å². The number of esters is 1. The molecule has 26 heavy (non-hydrogen) atoms. The van der Waals surface area contributed by atoms with Gasteiger partial charge in [0, 0.05) is 12.1 Å². The van der Waals surface area contributed by atoms with E-state index in [9.17, 15) is 14.0 Å². The minimum atomic E-state index is -0.523. The maximum atomic E-state index is 13.4. The summed E-state index contributed by atoms with van der Waals surface area (Å²) >= 11 is 0. The van der Waals surface area contributed by atoms with Gasteiger partial charge in [-0.05, 0) is 48.7 Å². The van der Waals surface area contributed by atoms with Crippen molar-refractivity contribution in [1.29, 1.82) is 0 Å². The third kappa shape index (κ3) is 4.50. The van der Waals surface area contributed by atoms with Crippen molar-refractivity contribution >= 4 is 17.6 Å². The molecule has 136 valence electrons. The van der Waals surface area contributed by atoms with Gasteiger partial charge in [-0.25, -0.2) is 4.39 Å². The minimum Gasteiger partial charge on any atom is -0.456 e. The number of carbonyl (C=O) groups is 2. The maximum Gasteiger partial charge on any atom is 0.306 e. The van der Waals surface area contributed by atoms with Gasteiger partial charge in [-0.2, -0.15) is 0 Å². The molecule has 0 aliphatic carbocycles. The summed E-state index contributed by atoms with van der Waals surface area (Å²) in [4.78, 5) is 23.6. The van der Waals surface area contributed by atoms with Crippen LogP contribution in [0.3, 0.4) is 0 Å². The standard InChI is InChI=1S/C19H18FNO5/c1-12-2-5-14(9-15(12)20)21-18(22)10-24-19(23)7-4-13-3-6-16-17(8-13)26-11-25-16/h2-3,5-6,8-9H,4,7,10-11H2,1H3,(H,21,22). The van der Waals surface area contributed by atoms with Crippen molar-refractivity contribution in [2.24, 2.45) is 0 Å². The third-order valence-corrected chi connectivity index (χ3v) is 3.87. The Labute approximate surface area is 149 Å². The monoisotopic (exact) mass is 359 g/mol. The fourth-order valence-electron chi connectivity index (χ4n) is 2.43. The number of halogens is 1. The topological polar surface area (TPSA) is 73.9 Å². The van der Waals surface area contributed by atoms with E-state index >= 15 is 0 Å². The van der Waals surface area contributed by atoms with Gasteiger partial charge in [0.15, 0.2) is 18.1 Å². The third-order valence-electron chi connectivity index (χ3n) is 3.87. The normalized spacial score (nSPS) is 11.9. The Morgan fingerprint density at radius 1 is 1.15 bits per heavy atom. The minimum absolute atomic E-state index is 0.131. The molecule has 0 atom stereocenters. The molecule has 0 fully saturated rings. The van der Waals surface area contributed by atoms with E-state index in [1.165, 1.54) is 6.07 Å². The van der Waals surface area contributed by atoms with Crippen molar-refractivity contribution in [3.63, 3.8) is 0 Å². The van der Waals surface area contributed by atoms with E-state index < -0.39 is 24.3 Å². The summed E-state index contributed by atoms with van der Waals surface area (Å²) in [5.74, 6) is -0.0952. The Morgan fingerprint density at radius 3 is 2.77 bits per heavy atom. The van der Waals surface area contributed by atoms with Gasteiger partial charge in [0.2, 0.25) is 6.79 Å². The second kappa shape index (κ2) is 7.86. The van der Waals surface area contributed by atoms with Crippen molar-refractivity contribution in [3.05, 3.63) is 53.3 Å². The number of nitrogens with one attached hydrogen (secondary N) is 1. The molecule has 1 aliphatic heterocycles. The van der Waals surface area contributed by atoms with Gasteiger partial charge in [-0.1, -0.05) is 12.1 Å². The van der Waals surface area contributed by atoms with E-state index in [1.807, 2.05) is 12.1 Å². The molecule has 0 saturated carbocycles. The van der Waals surface area contributed by atoms with Crippen LogP contribution in [-0.4, -0.2) is 25.3 Å². The molecule has 1 amide bonds. The average molecular weight is 359 g/mol. The fourth-order valence-corrected chi connectivity index (χ4v) is 2.43. The molecule has 0 aromatic heterocycles. The second-order valence-electron chi connectivity index (χ2n) is 5.86. The first-order valence-electron chi connectivity index (χ1n) is 8.11. The molecule has 0 bridgehead atoms. The van der Waals surface area contributed by atoms with Gasteiger partial charge < -0.3 is 19.5 Å². The van der Waals surface area contributed by atoms with E-state index in [-0.39, 0.29) is 13.2 Å². The molecule has 0 spiro atoms. The Kier molecular flexibility index (Phi) is 5.36. The van der Waals surface area contributed by atoms with Gasteiger partial charge in [0.1, 0.15) is 5.82 Å². The zero-order chi connectivity index (χ0) is 18.5. The molecule has 6 nitrogen and oxygen atoms in total. The molecule has 0 saturated heterocycles. The highest BCUT2D eigenvalue weighted by Crippen LogP contribution is 2.32. The molecular formula is C19H18FNO5. The van der Waals surface area contributed by atoms with Crippen LogP contribution in [0.1, 0.15) is 17.5 Å². The number of fused-ring (bicyclic) bond motifs is 1. The lowest BCUT2D eigenvalue weighted by Crippen LogP contribution is -2.21. The number of aryl methyl sites for hydroxylation is 2. The lowest BCUT2D eigenvalue weighted by molar-refractivity contribution is -0.147. The molecule has 7 heteroatoms. The van der Waals surface area contributed by atoms with Gasteiger partial charge in [0.25, 0.3) is 5.91 Å². The van der Waals surface area contributed by atoms with Crippen molar-refractivity contribution in [2.75, 3.05) is 18.7 Å². The molecular weight excluding hydrogens is 341 g/mol. The number of amides is 1. The van der Waals surface area contributed by atoms with Crippen LogP contribution in [0.15, 0.2) is 36.4 Å². The average Bonchev–Trinajstić information content (AvgIpc) is 3.09. The molecule has 1 N–H and O–H groups in total. The van der Waals surface area contributed by atoms with E-state index in [0.29, 0.717) is 29.2 Å². The summed E-state index contributed by atoms with van der Waals surface area (Å²) in [6.07, 6.45) is 0.590. The van der Waals surface area contributed by atoms with Crippen molar-refractivity contribution in [3.8, 4) is 11.5 Å². The fraction of sp³-hybridized carbons (Fsp3) is 0.263. The highest BCUT2D eigenvalue weighted by molar-refractivity contribution is 5.92. The predicted octanol–water partition coefficient (Wildman–Crippen LogP) is 2.98. The van der Waals surface area contributed by atoms with Crippen LogP contribution in [0, 0.1) is 12.7 Å². The zero-order valence-electron chi connectivity index (χ0n) is 14.2. The molecule has 0 unspecified atom stereocenters. The van der Waals surface area contributed by atoms with Gasteiger partial charge in [0.05, 0.1) is 0 Å². The molecule has 3 rings (SSSR count). The Balaban J connectivity index is 1.42. The number of hydrogen-bond acceptors (Lipinski definition) is 5. The molecule has 1 aliphatic rings. The lowest BCUT2D eigenvalue weighted by Gasteiger charge is -2.08. The van der Waals surface area contributed by atoms with Crippen LogP contribution in [0.2, 0.25) is 0 Å². The summed E-state index contributed by atoms with van der Waals surface area (Å²) in [5, 5.41) is 2.48. The summed E-state index contributed by atoms with van der Waals surface area (Å²) < 4.78 is 28.9. The van der Waals surface area contributed by atoms with Gasteiger partial charge >= 0.3 is 5.97 Å². The highest BCUT2D eigenvalue weighted by atomic mass is 19.1. The van der Waals surface area contributed by atoms with Crippen LogP contribution >= 0.6 is 0 Å². The molecule has 2 aromatic rings. The first-order valence-corrected chi connectivity index (χ1v) is 8.11. The van der Waals surface area contributed by atoms with Crippen LogP contribution in [0.5, 0.6) is 11.5 Å². The molecule has 2 aromatic carbocycles. The van der Waals surface area contributed by atoms with Crippen molar-refractivity contribution < 1.29 is 28.2 Å². The summed E-state index contributed by atoms with van der Waals surface area (Å²) in [6.45, 7) is 1.40. The smallest absolute Gasteiger partial charge is 0.306 e. The van der Waals surface area contributed by atoms with Crippen LogP contribution in [-0.2, 0) is 20.7 Å². The summed E-state index contributed by atoms with van der Waals surface area (Å²) in [5.41, 5.74) is 1.71. The van der Waals surface area contributed by atoms with E-state index in [2.05, 4.69) is 5.32 Å². The SMILES string of the molecule is Cc1ccc(NC(=O)COC(=O)CCc2ccc3c(c2)OCO3)cc1F. The predicted molar refractivity (Wildman–Crippen MR) is 91.6 cm³/mol. The second-order valence-corrected chi connectivity index (χ2v) is 5.86. The number of hydrogen-bond donors (Lipinski definition) is 1. The maximum absolute atomic E-state index is 13.4. The van der Waals surface area contributed by atoms with Crippen molar-refractivity contribution in [2.45, 2.75) is 19.8 Å². The zero-order valence-corrected chi connectivity index (χ0v) is 14.2. The number of carbonyl (C=O) groups excluding carboxylic acids is 2. The van der Waals surface area contributed by atoms with E-state index in [1.54, 1.807) is 25.1 Å². The van der Waals surface area contributed by atoms with Gasteiger partial charge in [-0.15, -0.1) is 0 Å². The molecule has 1 heterocycles. The Morgan fingerprint density at radius 2 is 1.96 bits per heavy atom. The van der Waals surface area contributed by atoms with Crippen molar-refractivity contribution in [1.82, 2.24) is 0 Å². The quantitative estimate of drug-likeness (QED) is 0.803. The van der Waals surface area contributed by atoms with Crippen LogP contribution in [0.4, 0.5) is 10.1 Å². The number of ether oxygens (including phenoxy) is 3. The Bertz CT molecular complexity index is 837. The highest BCUT2D eigenvalue weighted by Gasteiger charge is 2.14. The first kappa shape index (κ1) is 17.7. The number of benzene rings is 2. The van der Waals surface area contributed by atoms with Gasteiger partial charge in [-0.3, -0.25) is 9.59 Å². The Hall–Kier alpha value is -3.09. The summed E-state index contributed by atoms with van der Waals surface area (Å²) in [7, 11) is 0. The van der Waals surface area contributed by atoms with Crippen LogP contribution in [0.25, 0.3) is 0 Å². The van der Waals surface area contributed by atoms with E-state index in [4.69, 9.17) is 14.2 Å². The summed E-state index contributed by atoms with van der Waals surface area (Å²) in [6, 6.07) is 9.81. The molecule has 0 radical (unpaired) electrons. The largest absolute Gasteiger partial charge is 0.456 e. The number of rotatable bonds is 6. The first-order chi connectivity index (χ1) is 12.5. The van der Waals surface area contributed by atoms with E-state index in [0.717, 1.165) is 5.56 Å². The lowest BCUT2D eigenvalue weighted by atomic mass is 10.1. The number of anilines is 1.